The smallest absolute Gasteiger partial charge is 0.204 e. The summed E-state index contributed by atoms with van der Waals surface area (Å²) in [6.45, 7) is 0. The Morgan fingerprint density at radius 1 is 1.00 bits per heavy atom. The number of halogens is 1. The van der Waals surface area contributed by atoms with Gasteiger partial charge in [0.2, 0.25) is 5.75 Å². The van der Waals surface area contributed by atoms with Crippen LogP contribution in [0.5, 0.6) is 23.0 Å². The molecule has 0 amide bonds. The molecular formula is C12H15BrO5. The lowest BCUT2D eigenvalue weighted by Gasteiger charge is -2.17. The lowest BCUT2D eigenvalue weighted by atomic mass is 10.1. The molecule has 0 spiro atoms. The molecule has 0 aromatic heterocycles. The molecule has 1 aromatic rings. The standard InChI is InChI=1S/C12H15BrO5/c1-15-8-5-9(16-2)11(17-3)12(18-4)10(8)7(14)6-13/h5H,6H2,1-4H3. The first-order valence-corrected chi connectivity index (χ1v) is 6.22. The summed E-state index contributed by atoms with van der Waals surface area (Å²) < 4.78 is 20.8. The Morgan fingerprint density at radius 2 is 1.56 bits per heavy atom. The van der Waals surface area contributed by atoms with E-state index in [1.165, 1.54) is 28.4 Å². The molecule has 1 rings (SSSR count). The molecule has 0 atom stereocenters. The molecule has 100 valence electrons. The molecule has 5 nitrogen and oxygen atoms in total. The summed E-state index contributed by atoms with van der Waals surface area (Å²) in [7, 11) is 5.92. The van der Waals surface area contributed by atoms with E-state index >= 15 is 0 Å². The van der Waals surface area contributed by atoms with E-state index in [0.717, 1.165) is 0 Å². The molecule has 1 aromatic carbocycles. The largest absolute Gasteiger partial charge is 0.496 e. The first-order valence-electron chi connectivity index (χ1n) is 5.10. The maximum Gasteiger partial charge on any atom is 0.204 e. The fourth-order valence-corrected chi connectivity index (χ4v) is 1.91. The van der Waals surface area contributed by atoms with E-state index in [2.05, 4.69) is 15.9 Å². The third-order valence-electron chi connectivity index (χ3n) is 2.41. The summed E-state index contributed by atoms with van der Waals surface area (Å²) in [6, 6.07) is 1.59. The van der Waals surface area contributed by atoms with E-state index in [1.54, 1.807) is 6.07 Å². The molecule has 0 heterocycles. The second-order valence-corrected chi connectivity index (χ2v) is 3.84. The molecule has 6 heteroatoms. The minimum Gasteiger partial charge on any atom is -0.496 e. The van der Waals surface area contributed by atoms with E-state index in [9.17, 15) is 4.79 Å². The molecule has 18 heavy (non-hydrogen) atoms. The van der Waals surface area contributed by atoms with Crippen LogP contribution in [0.15, 0.2) is 6.07 Å². The number of benzene rings is 1. The van der Waals surface area contributed by atoms with Gasteiger partial charge in [-0.15, -0.1) is 0 Å². The molecule has 0 fully saturated rings. The van der Waals surface area contributed by atoms with Crippen LogP contribution in [0.2, 0.25) is 0 Å². The van der Waals surface area contributed by atoms with Gasteiger partial charge in [-0.1, -0.05) is 15.9 Å². The Hall–Kier alpha value is -1.43. The molecule has 0 aliphatic carbocycles. The van der Waals surface area contributed by atoms with Crippen LogP contribution in [0.4, 0.5) is 0 Å². The molecule has 0 aliphatic rings. The summed E-state index contributed by atoms with van der Waals surface area (Å²) in [5.41, 5.74) is 0.328. The number of ketones is 1. The average Bonchev–Trinajstić information content (AvgIpc) is 2.43. The number of carbonyl (C=O) groups is 1. The van der Waals surface area contributed by atoms with Crippen molar-refractivity contribution >= 4 is 21.7 Å². The predicted octanol–water partition coefficient (Wildman–Crippen LogP) is 2.30. The average molecular weight is 319 g/mol. The summed E-state index contributed by atoms with van der Waals surface area (Å²) in [6.07, 6.45) is 0. The fourth-order valence-electron chi connectivity index (χ4n) is 1.63. The number of methoxy groups -OCH3 is 4. The van der Waals surface area contributed by atoms with Crippen LogP contribution >= 0.6 is 15.9 Å². The zero-order valence-electron chi connectivity index (χ0n) is 10.7. The van der Waals surface area contributed by atoms with Crippen molar-refractivity contribution in [3.63, 3.8) is 0 Å². The second kappa shape index (κ2) is 6.49. The van der Waals surface area contributed by atoms with Crippen LogP contribution in [-0.2, 0) is 0 Å². The highest BCUT2D eigenvalue weighted by molar-refractivity contribution is 9.09. The second-order valence-electron chi connectivity index (χ2n) is 3.28. The van der Waals surface area contributed by atoms with Gasteiger partial charge in [0.05, 0.1) is 33.8 Å². The maximum absolute atomic E-state index is 11.9. The summed E-state index contributed by atoms with van der Waals surface area (Å²) in [4.78, 5) is 11.9. The van der Waals surface area contributed by atoms with Crippen LogP contribution < -0.4 is 18.9 Å². The van der Waals surface area contributed by atoms with Crippen molar-refractivity contribution in [2.75, 3.05) is 33.8 Å². The lowest BCUT2D eigenvalue weighted by Crippen LogP contribution is -2.08. The normalized spacial score (nSPS) is 9.83. The van der Waals surface area contributed by atoms with Crippen molar-refractivity contribution < 1.29 is 23.7 Å². The zero-order valence-corrected chi connectivity index (χ0v) is 12.3. The first kappa shape index (κ1) is 14.6. The number of ether oxygens (including phenoxy) is 4. The van der Waals surface area contributed by atoms with Gasteiger partial charge in [0.25, 0.3) is 0 Å². The van der Waals surface area contributed by atoms with E-state index in [0.29, 0.717) is 28.6 Å². The van der Waals surface area contributed by atoms with Crippen molar-refractivity contribution in [1.82, 2.24) is 0 Å². The number of hydrogen-bond acceptors (Lipinski definition) is 5. The number of carbonyl (C=O) groups excluding carboxylic acids is 1. The third-order valence-corrected chi connectivity index (χ3v) is 2.92. The van der Waals surface area contributed by atoms with Gasteiger partial charge in [-0.2, -0.15) is 0 Å². The summed E-state index contributed by atoms with van der Waals surface area (Å²) in [5.74, 6) is 1.33. The Bertz CT molecular complexity index is 445. The van der Waals surface area contributed by atoms with Crippen LogP contribution in [0.3, 0.4) is 0 Å². The first-order chi connectivity index (χ1) is 8.64. The minimum absolute atomic E-state index is 0.162. The molecule has 0 radical (unpaired) electrons. The van der Waals surface area contributed by atoms with Gasteiger partial charge < -0.3 is 18.9 Å². The van der Waals surface area contributed by atoms with E-state index < -0.39 is 0 Å². The van der Waals surface area contributed by atoms with Crippen LogP contribution in [0.25, 0.3) is 0 Å². The van der Waals surface area contributed by atoms with E-state index in [-0.39, 0.29) is 11.1 Å². The van der Waals surface area contributed by atoms with Crippen molar-refractivity contribution in [2.45, 2.75) is 0 Å². The molecule has 0 saturated heterocycles. The van der Waals surface area contributed by atoms with E-state index in [4.69, 9.17) is 18.9 Å². The lowest BCUT2D eigenvalue weighted by molar-refractivity contribution is 0.101. The van der Waals surface area contributed by atoms with Gasteiger partial charge in [-0.05, 0) is 0 Å². The highest BCUT2D eigenvalue weighted by Gasteiger charge is 2.25. The molecule has 0 unspecified atom stereocenters. The Labute approximate surface area is 114 Å². The van der Waals surface area contributed by atoms with E-state index in [1.807, 2.05) is 0 Å². The number of alkyl halides is 1. The topological polar surface area (TPSA) is 54.0 Å². The molecule has 0 aliphatic heterocycles. The monoisotopic (exact) mass is 318 g/mol. The Morgan fingerprint density at radius 3 is 1.94 bits per heavy atom. The summed E-state index contributed by atoms with van der Waals surface area (Å²) >= 11 is 3.13. The van der Waals surface area contributed by atoms with Gasteiger partial charge in [0, 0.05) is 6.07 Å². The highest BCUT2D eigenvalue weighted by atomic mass is 79.9. The molecule has 0 bridgehead atoms. The SMILES string of the molecule is COc1cc(OC)c(C(=O)CBr)c(OC)c1OC. The minimum atomic E-state index is -0.162. The number of rotatable bonds is 6. The van der Waals surface area contributed by atoms with Crippen molar-refractivity contribution in [3.05, 3.63) is 11.6 Å². The van der Waals surface area contributed by atoms with Crippen molar-refractivity contribution in [2.24, 2.45) is 0 Å². The van der Waals surface area contributed by atoms with Gasteiger partial charge >= 0.3 is 0 Å². The molecule has 0 N–H and O–H groups in total. The quantitative estimate of drug-likeness (QED) is 0.595. The predicted molar refractivity (Wildman–Crippen MR) is 70.8 cm³/mol. The fraction of sp³-hybridized carbons (Fsp3) is 0.417. The molecular weight excluding hydrogens is 304 g/mol. The maximum atomic E-state index is 11.9. The Balaban J connectivity index is 3.60. The Kier molecular flexibility index (Phi) is 5.27. The number of hydrogen-bond donors (Lipinski definition) is 0. The summed E-state index contributed by atoms with van der Waals surface area (Å²) in [5, 5.41) is 0.162. The molecule has 0 saturated carbocycles. The van der Waals surface area contributed by atoms with Gasteiger partial charge in [-0.3, -0.25) is 4.79 Å². The highest BCUT2D eigenvalue weighted by Crippen LogP contribution is 2.45. The number of Topliss-reactive ketones (excluding diaryl/α,β-unsaturated/α-hetero) is 1. The van der Waals surface area contributed by atoms with Gasteiger partial charge in [0.15, 0.2) is 17.3 Å². The van der Waals surface area contributed by atoms with Crippen molar-refractivity contribution in [3.8, 4) is 23.0 Å². The third kappa shape index (κ3) is 2.53. The van der Waals surface area contributed by atoms with Crippen LogP contribution in [-0.4, -0.2) is 39.6 Å². The van der Waals surface area contributed by atoms with Gasteiger partial charge in [0.1, 0.15) is 11.3 Å². The van der Waals surface area contributed by atoms with Crippen LogP contribution in [0.1, 0.15) is 10.4 Å². The van der Waals surface area contributed by atoms with Gasteiger partial charge in [-0.25, -0.2) is 0 Å². The zero-order chi connectivity index (χ0) is 13.7. The van der Waals surface area contributed by atoms with Crippen molar-refractivity contribution in [1.29, 1.82) is 0 Å². The van der Waals surface area contributed by atoms with Crippen LogP contribution in [0, 0.1) is 0 Å².